The summed E-state index contributed by atoms with van der Waals surface area (Å²) in [5, 5.41) is 49.7. The van der Waals surface area contributed by atoms with Crippen LogP contribution in [0.2, 0.25) is 0 Å². The van der Waals surface area contributed by atoms with Gasteiger partial charge in [0.15, 0.2) is 11.9 Å². The summed E-state index contributed by atoms with van der Waals surface area (Å²) >= 11 is 4.59. The van der Waals surface area contributed by atoms with Crippen LogP contribution < -0.4 is 11.2 Å². The maximum atomic E-state index is 15.5. The molecule has 2 saturated heterocycles. The van der Waals surface area contributed by atoms with Gasteiger partial charge in [-0.2, -0.15) is 0 Å². The first-order chi connectivity index (χ1) is 18.2. The summed E-state index contributed by atoms with van der Waals surface area (Å²) in [7, 11) is -5.62. The first-order valence-electron chi connectivity index (χ1n) is 11.0. The van der Waals surface area contributed by atoms with Crippen LogP contribution >= 0.6 is 14.5 Å². The van der Waals surface area contributed by atoms with Crippen molar-refractivity contribution in [3.63, 3.8) is 0 Å². The van der Waals surface area contributed by atoms with Gasteiger partial charge in [0.25, 0.3) is 5.56 Å². The fourth-order valence-corrected chi connectivity index (χ4v) is 6.91. The highest BCUT2D eigenvalue weighted by Gasteiger charge is 2.65. The Hall–Kier alpha value is -1.32. The molecule has 2 fully saturated rings. The lowest BCUT2D eigenvalue weighted by Crippen LogP contribution is -2.59. The van der Waals surface area contributed by atoms with Gasteiger partial charge in [0.2, 0.25) is 17.7 Å². The Morgan fingerprint density at radius 2 is 1.95 bits per heavy atom. The Bertz CT molecular complexity index is 1330. The highest BCUT2D eigenvalue weighted by atomic mass is 32.5. The monoisotopic (exact) mass is 642 g/mol. The molecule has 22 heteroatoms. The average molecular weight is 642 g/mol. The maximum Gasteiger partial charge on any atom is 0.481 e. The number of aromatic nitrogens is 2. The van der Waals surface area contributed by atoms with Crippen LogP contribution in [0.25, 0.3) is 0 Å². The van der Waals surface area contributed by atoms with Crippen molar-refractivity contribution in [3.05, 3.63) is 45.8 Å². The third kappa shape index (κ3) is 6.22. The van der Waals surface area contributed by atoms with Gasteiger partial charge in [-0.25, -0.2) is 22.5 Å². The van der Waals surface area contributed by atoms with Gasteiger partial charge in [0.1, 0.15) is 24.4 Å². The molecule has 2 aliphatic heterocycles. The van der Waals surface area contributed by atoms with Gasteiger partial charge in [-0.15, -0.1) is 0 Å². The molecule has 0 aromatic carbocycles. The second-order valence-electron chi connectivity index (χ2n) is 8.91. The number of rotatable bonds is 11. The van der Waals surface area contributed by atoms with E-state index in [0.29, 0.717) is 17.6 Å². The molecule has 0 radical (unpaired) electrons. The molecule has 0 aliphatic carbocycles. The van der Waals surface area contributed by atoms with E-state index in [1.807, 2.05) is 4.98 Å². The molecule has 228 valence electrons. The molecular weight excluding hydrogens is 616 g/mol. The van der Waals surface area contributed by atoms with E-state index in [0.717, 1.165) is 12.3 Å². The molecule has 1 aromatic heterocycles. The Labute approximate surface area is 227 Å². The average Bonchev–Trinajstić information content (AvgIpc) is 3.22. The van der Waals surface area contributed by atoms with Crippen molar-refractivity contribution in [2.24, 2.45) is 0 Å². The maximum absolute atomic E-state index is 15.5. The van der Waals surface area contributed by atoms with E-state index in [-0.39, 0.29) is 0 Å². The largest absolute Gasteiger partial charge is 0.481 e. The molecule has 2 aliphatic rings. The molecule has 3 rings (SSSR count). The molecule has 0 bridgehead atoms. The molecule has 1 aromatic rings. The number of nitrogens with zero attached hydrogens (tertiary/aromatic N) is 1. The summed E-state index contributed by atoms with van der Waals surface area (Å²) in [5.74, 6) is -3.31. The van der Waals surface area contributed by atoms with Crippen LogP contribution in [-0.2, 0) is 39.2 Å². The van der Waals surface area contributed by atoms with Gasteiger partial charge < -0.3 is 49.3 Å². The number of halogens is 2. The van der Waals surface area contributed by atoms with Crippen LogP contribution in [0.3, 0.4) is 0 Å². The molecular formula is C18H26F2N2O15P2S. The van der Waals surface area contributed by atoms with Crippen LogP contribution in [0.5, 0.6) is 0 Å². The number of H-pyrrole nitrogens is 1. The normalized spacial score (nSPS) is 38.9. The number of aromatic amines is 1. The zero-order valence-corrected chi connectivity index (χ0v) is 22.8. The lowest BCUT2D eigenvalue weighted by molar-refractivity contribution is -0.314. The summed E-state index contributed by atoms with van der Waals surface area (Å²) in [6.07, 6.45) is -11.6. The number of alkyl halides is 2. The van der Waals surface area contributed by atoms with Crippen LogP contribution in [-0.4, -0.2) is 106 Å². The second-order valence-corrected chi connectivity index (χ2v) is 13.3. The predicted octanol–water partition coefficient (Wildman–Crippen LogP) is -2.46. The Morgan fingerprint density at radius 1 is 1.32 bits per heavy atom. The molecule has 40 heavy (non-hydrogen) atoms. The van der Waals surface area contributed by atoms with E-state index in [1.165, 1.54) is 0 Å². The number of phosphoric acid groups is 1. The van der Waals surface area contributed by atoms with Gasteiger partial charge >= 0.3 is 20.2 Å². The van der Waals surface area contributed by atoms with Gasteiger partial charge in [0.05, 0.1) is 13.2 Å². The standard InChI is InChI=1S/C18H26F2N2O15P2S/c1-3-17(20)11(26)8(34-14(17)22-5-4-9(24)21-15(22)28)6-33-39(32,40)37-38(30,31)36-13-10(25)12(27)18(29,35-13)16(2,19)7-23/h3-5,8,10-14,23,25-27,29H,1,6-7H2,2H3,(H,30,31)(H,32,40)(H,21,24,28)/t8-,10?,11-,12?,13?,14-,16-,17-,18?,39?/m1/s1. The van der Waals surface area contributed by atoms with Gasteiger partial charge in [-0.05, 0) is 24.8 Å². The molecule has 0 saturated carbocycles. The number of hydrogen-bond acceptors (Lipinski definition) is 14. The van der Waals surface area contributed by atoms with Crippen molar-refractivity contribution in [2.45, 2.75) is 61.0 Å². The quantitative estimate of drug-likeness (QED) is 0.0920. The Kier molecular flexibility index (Phi) is 9.46. The van der Waals surface area contributed by atoms with Crippen molar-refractivity contribution < 1.29 is 71.5 Å². The van der Waals surface area contributed by atoms with Crippen molar-refractivity contribution in [1.82, 2.24) is 9.55 Å². The van der Waals surface area contributed by atoms with Gasteiger partial charge in [0, 0.05) is 12.3 Å². The minimum absolute atomic E-state index is 0.581. The van der Waals surface area contributed by atoms with Crippen molar-refractivity contribution in [2.75, 3.05) is 13.2 Å². The number of aliphatic hydroxyl groups is 5. The van der Waals surface area contributed by atoms with E-state index in [1.54, 1.807) is 0 Å². The zero-order valence-electron chi connectivity index (χ0n) is 20.2. The van der Waals surface area contributed by atoms with Gasteiger partial charge in [-0.3, -0.25) is 18.9 Å². The summed E-state index contributed by atoms with van der Waals surface area (Å²) in [4.78, 5) is 45.5. The van der Waals surface area contributed by atoms with Gasteiger partial charge in [-0.1, -0.05) is 6.58 Å². The minimum Gasteiger partial charge on any atom is -0.393 e. The molecule has 8 N–H and O–H groups in total. The Morgan fingerprint density at radius 3 is 2.50 bits per heavy atom. The first kappa shape index (κ1) is 33.2. The minimum atomic E-state index is -5.62. The van der Waals surface area contributed by atoms with E-state index in [4.69, 9.17) is 14.4 Å². The third-order valence-corrected chi connectivity index (χ3v) is 9.61. The molecule has 11 atom stereocenters. The summed E-state index contributed by atoms with van der Waals surface area (Å²) < 4.78 is 66.6. The summed E-state index contributed by atoms with van der Waals surface area (Å²) in [6.45, 7) is -3.45. The van der Waals surface area contributed by atoms with E-state index < -0.39 is 93.1 Å². The van der Waals surface area contributed by atoms with Crippen molar-refractivity contribution in [1.29, 1.82) is 0 Å². The molecule has 0 amide bonds. The van der Waals surface area contributed by atoms with Crippen LogP contribution in [0, 0.1) is 0 Å². The predicted molar refractivity (Wildman–Crippen MR) is 128 cm³/mol. The highest BCUT2D eigenvalue weighted by molar-refractivity contribution is 8.08. The first-order valence-corrected chi connectivity index (χ1v) is 15.1. The fourth-order valence-electron chi connectivity index (χ4n) is 3.82. The second kappa shape index (κ2) is 11.4. The third-order valence-electron chi connectivity index (χ3n) is 6.09. The molecule has 6 unspecified atom stereocenters. The fraction of sp³-hybridized carbons (Fsp3) is 0.667. The SMILES string of the molecule is C=C[C@@]1(F)[C@H](O)[C@@H](COP(O)(=S)OP(=O)(O)OC2OC(O)([C@](C)(F)CO)C(O)C2O)O[C@H]1n1ccc(=O)[nH]c1=O. The van der Waals surface area contributed by atoms with Crippen molar-refractivity contribution in [3.8, 4) is 0 Å². The number of aliphatic hydroxyl groups excluding tert-OH is 4. The lowest BCUT2D eigenvalue weighted by atomic mass is 9.92. The van der Waals surface area contributed by atoms with Crippen molar-refractivity contribution >= 4 is 26.3 Å². The molecule has 17 nitrogen and oxygen atoms in total. The smallest absolute Gasteiger partial charge is 0.393 e. The van der Waals surface area contributed by atoms with E-state index >= 15 is 4.39 Å². The zero-order chi connectivity index (χ0) is 30.5. The summed E-state index contributed by atoms with van der Waals surface area (Å²) in [6, 6.07) is 0.868. The number of phosphoric ester groups is 1. The molecule has 3 heterocycles. The van der Waals surface area contributed by atoms with E-state index in [2.05, 4.69) is 32.0 Å². The number of nitrogens with one attached hydrogen (secondary N) is 1. The highest BCUT2D eigenvalue weighted by Crippen LogP contribution is 2.62. The lowest BCUT2D eigenvalue weighted by Gasteiger charge is -2.35. The number of ether oxygens (including phenoxy) is 2. The van der Waals surface area contributed by atoms with Crippen LogP contribution in [0.4, 0.5) is 8.78 Å². The van der Waals surface area contributed by atoms with Crippen LogP contribution in [0.15, 0.2) is 34.5 Å². The summed E-state index contributed by atoms with van der Waals surface area (Å²) in [5.41, 5.74) is -7.86. The van der Waals surface area contributed by atoms with Crippen LogP contribution in [0.1, 0.15) is 13.2 Å². The number of hydrogen-bond donors (Lipinski definition) is 8. The topological polar surface area (TPSA) is 260 Å². The Balaban J connectivity index is 1.69. The molecule has 0 spiro atoms. The van der Waals surface area contributed by atoms with E-state index in [9.17, 15) is 48.8 Å².